The molecule has 9 nitrogen and oxygen atoms in total. The molecule has 0 spiro atoms. The molecule has 5 aromatic rings. The number of carboxylic acids is 1. The molecule has 1 aliphatic rings. The minimum Gasteiger partial charge on any atom is -0.481 e. The maximum atomic E-state index is 15.6. The first-order valence-corrected chi connectivity index (χ1v) is 16.8. The molecule has 6 rings (SSSR count). The van der Waals surface area contributed by atoms with Crippen molar-refractivity contribution in [1.29, 1.82) is 0 Å². The number of ether oxygens (including phenoxy) is 2. The van der Waals surface area contributed by atoms with E-state index in [2.05, 4.69) is 4.98 Å². The zero-order valence-electron chi connectivity index (χ0n) is 26.6. The topological polar surface area (TPSA) is 119 Å². The Hall–Kier alpha value is -4.42. The van der Waals surface area contributed by atoms with Gasteiger partial charge in [0, 0.05) is 58.9 Å². The normalized spacial score (nSPS) is 20.2. The van der Waals surface area contributed by atoms with E-state index in [1.54, 1.807) is 25.4 Å². The summed E-state index contributed by atoms with van der Waals surface area (Å²) in [6.45, 7) is 5.94. The van der Waals surface area contributed by atoms with Crippen molar-refractivity contribution in [3.63, 3.8) is 0 Å². The van der Waals surface area contributed by atoms with Crippen LogP contribution in [0.25, 0.3) is 22.3 Å². The number of nitrogens with zero attached hydrogens (tertiary/aromatic N) is 3. The summed E-state index contributed by atoms with van der Waals surface area (Å²) in [5, 5.41) is 14.9. The molecule has 1 aliphatic heterocycles. The molecule has 3 aromatic carbocycles. The Morgan fingerprint density at radius 2 is 1.91 bits per heavy atom. The summed E-state index contributed by atoms with van der Waals surface area (Å²) in [7, 11) is 0.336. The molecule has 2 atom stereocenters. The Bertz CT molecular complexity index is 2010. The van der Waals surface area contributed by atoms with E-state index in [9.17, 15) is 14.1 Å². The van der Waals surface area contributed by atoms with Crippen molar-refractivity contribution in [2.75, 3.05) is 18.1 Å². The fourth-order valence-electron chi connectivity index (χ4n) is 6.13. The molecule has 246 valence electrons. The van der Waals surface area contributed by atoms with Gasteiger partial charge in [-0.1, -0.05) is 24.3 Å². The van der Waals surface area contributed by atoms with Gasteiger partial charge in [0.25, 0.3) is 0 Å². The zero-order valence-corrected chi connectivity index (χ0v) is 27.4. The van der Waals surface area contributed by atoms with E-state index in [1.165, 1.54) is 28.9 Å². The lowest BCUT2D eigenvalue weighted by molar-refractivity contribution is -0.136. The van der Waals surface area contributed by atoms with Crippen LogP contribution in [0, 0.1) is 11.6 Å². The summed E-state index contributed by atoms with van der Waals surface area (Å²) in [5.41, 5.74) is 0.995. The van der Waals surface area contributed by atoms with Gasteiger partial charge in [-0.05, 0) is 69.0 Å². The number of aromatic amines is 1. The Balaban J connectivity index is 1.50. The van der Waals surface area contributed by atoms with Crippen molar-refractivity contribution < 1.29 is 32.4 Å². The number of carbonyl (C=O) groups is 1. The lowest BCUT2D eigenvalue weighted by Crippen LogP contribution is -2.35. The number of halogens is 2. The highest BCUT2D eigenvalue weighted by Gasteiger charge is 2.36. The third-order valence-corrected chi connectivity index (χ3v) is 10.3. The van der Waals surface area contributed by atoms with Crippen molar-refractivity contribution in [2.24, 2.45) is 7.05 Å². The quantitative estimate of drug-likeness (QED) is 0.228. The molecular weight excluding hydrogens is 626 g/mol. The molecule has 2 N–H and O–H groups in total. The molecule has 3 heterocycles. The second-order valence-electron chi connectivity index (χ2n) is 12.7. The summed E-state index contributed by atoms with van der Waals surface area (Å²) in [6, 6.07) is 14.5. The monoisotopic (exact) mass is 662 g/mol. The highest BCUT2D eigenvalue weighted by molar-refractivity contribution is 7.85. The molecular formula is C35H36F2N4O5S. The molecule has 2 unspecified atom stereocenters. The molecule has 4 bridgehead atoms. The molecule has 2 aromatic heterocycles. The van der Waals surface area contributed by atoms with Crippen LogP contribution in [0.2, 0.25) is 0 Å². The van der Waals surface area contributed by atoms with Crippen molar-refractivity contribution in [3.05, 3.63) is 94.9 Å². The maximum Gasteiger partial charge on any atom is 0.307 e. The second-order valence-corrected chi connectivity index (χ2v) is 14.3. The van der Waals surface area contributed by atoms with Gasteiger partial charge < -0.3 is 19.6 Å². The van der Waals surface area contributed by atoms with Gasteiger partial charge in [0.05, 0.1) is 28.8 Å². The molecule has 0 saturated heterocycles. The van der Waals surface area contributed by atoms with Crippen molar-refractivity contribution in [1.82, 2.24) is 19.7 Å². The third kappa shape index (κ3) is 6.70. The Kier molecular flexibility index (Phi) is 8.75. The van der Waals surface area contributed by atoms with Gasteiger partial charge in [0.15, 0.2) is 23.2 Å². The third-order valence-electron chi connectivity index (χ3n) is 8.62. The lowest BCUT2D eigenvalue weighted by atomic mass is 9.78. The van der Waals surface area contributed by atoms with E-state index >= 15 is 8.78 Å². The minimum absolute atomic E-state index is 0.0178. The molecule has 0 saturated carbocycles. The van der Waals surface area contributed by atoms with E-state index in [1.807, 2.05) is 39.0 Å². The highest BCUT2D eigenvalue weighted by atomic mass is 32.2. The first-order chi connectivity index (χ1) is 22.3. The van der Waals surface area contributed by atoms with Gasteiger partial charge in [0.2, 0.25) is 0 Å². The standard InChI is InChI=1S/C35H36F2N4O5S/c1-34(2)20-47(44)15-11-25-24-10-13-38-29(24)19-28(37)31(25)46-23-8-9-27(36)26(18-23)32-39-33(40-41(32)4)35(3,12-14-45-34)22-7-5-6-21(16-22)17-30(42)43/h5-10,13,16,18-19,38H,11-12,14-15,17,20H2,1-4H3,(H,42,43). The van der Waals surface area contributed by atoms with E-state index < -0.39 is 39.4 Å². The smallest absolute Gasteiger partial charge is 0.307 e. The summed E-state index contributed by atoms with van der Waals surface area (Å²) in [4.78, 5) is 19.4. The van der Waals surface area contributed by atoms with Crippen LogP contribution < -0.4 is 4.74 Å². The molecule has 0 radical (unpaired) electrons. The van der Waals surface area contributed by atoms with Crippen molar-refractivity contribution in [2.45, 2.75) is 51.0 Å². The van der Waals surface area contributed by atoms with Crippen LogP contribution in [0.5, 0.6) is 11.5 Å². The number of hydrogen-bond acceptors (Lipinski definition) is 6. The van der Waals surface area contributed by atoms with Crippen LogP contribution in [0.4, 0.5) is 8.78 Å². The number of nitrogens with one attached hydrogen (secondary N) is 1. The van der Waals surface area contributed by atoms with Crippen LogP contribution >= 0.6 is 0 Å². The fraction of sp³-hybridized carbons (Fsp3) is 0.343. The zero-order chi connectivity index (χ0) is 33.5. The number of benzene rings is 3. The van der Waals surface area contributed by atoms with Gasteiger partial charge in [-0.2, -0.15) is 5.10 Å². The Labute approximate surface area is 273 Å². The average molecular weight is 663 g/mol. The second kappa shape index (κ2) is 12.6. The van der Waals surface area contributed by atoms with Gasteiger partial charge >= 0.3 is 5.97 Å². The predicted molar refractivity (Wildman–Crippen MR) is 175 cm³/mol. The number of aryl methyl sites for hydroxylation is 2. The number of aromatic nitrogens is 4. The maximum absolute atomic E-state index is 15.6. The van der Waals surface area contributed by atoms with Gasteiger partial charge in [0.1, 0.15) is 11.6 Å². The Morgan fingerprint density at radius 1 is 1.11 bits per heavy atom. The molecule has 0 amide bonds. The number of aliphatic carboxylic acids is 1. The van der Waals surface area contributed by atoms with Crippen LogP contribution in [-0.4, -0.2) is 58.7 Å². The molecule has 0 fully saturated rings. The van der Waals surface area contributed by atoms with E-state index in [0.717, 1.165) is 10.9 Å². The van der Waals surface area contributed by atoms with E-state index in [-0.39, 0.29) is 53.8 Å². The van der Waals surface area contributed by atoms with E-state index in [0.29, 0.717) is 28.9 Å². The van der Waals surface area contributed by atoms with Gasteiger partial charge in [-0.25, -0.2) is 18.4 Å². The largest absolute Gasteiger partial charge is 0.481 e. The number of rotatable bonds is 3. The average Bonchev–Trinajstić information content (AvgIpc) is 3.63. The number of carboxylic acid groups (broad SMARTS) is 1. The summed E-state index contributed by atoms with van der Waals surface area (Å²) in [5.74, 6) is -0.849. The van der Waals surface area contributed by atoms with Gasteiger partial charge in [-0.15, -0.1) is 0 Å². The van der Waals surface area contributed by atoms with Crippen molar-refractivity contribution >= 4 is 27.7 Å². The van der Waals surface area contributed by atoms with E-state index in [4.69, 9.17) is 19.6 Å². The summed E-state index contributed by atoms with van der Waals surface area (Å²) in [6.07, 6.45) is 2.22. The highest BCUT2D eigenvalue weighted by Crippen LogP contribution is 2.39. The first kappa shape index (κ1) is 32.5. The molecule has 0 aliphatic carbocycles. The summed E-state index contributed by atoms with van der Waals surface area (Å²) < 4.78 is 58.4. The fourth-order valence-corrected chi connectivity index (χ4v) is 7.56. The summed E-state index contributed by atoms with van der Waals surface area (Å²) >= 11 is 0. The van der Waals surface area contributed by atoms with Crippen molar-refractivity contribution in [3.8, 4) is 22.9 Å². The molecule has 12 heteroatoms. The van der Waals surface area contributed by atoms with Crippen LogP contribution in [0.15, 0.2) is 60.8 Å². The SMILES string of the molecule is Cn1nc2nc1-c1cc(ccc1F)Oc1c(F)cc3[nH]ccc3c1CCS(=O)CC(C)(C)OCCC2(C)c1cccc(CC(=O)O)c1. The van der Waals surface area contributed by atoms with Crippen LogP contribution in [0.1, 0.15) is 49.7 Å². The molecule has 47 heavy (non-hydrogen) atoms. The minimum atomic E-state index is -1.33. The van der Waals surface area contributed by atoms with Crippen LogP contribution in [0.3, 0.4) is 0 Å². The predicted octanol–water partition coefficient (Wildman–Crippen LogP) is 6.46. The number of H-pyrrole nitrogens is 1. The van der Waals surface area contributed by atoms with Crippen LogP contribution in [-0.2, 0) is 45.6 Å². The lowest BCUT2D eigenvalue weighted by Gasteiger charge is -2.31. The number of hydrogen-bond donors (Lipinski definition) is 2. The number of fused-ring (bicyclic) bond motifs is 8. The first-order valence-electron chi connectivity index (χ1n) is 15.3. The van der Waals surface area contributed by atoms with Gasteiger partial charge in [-0.3, -0.25) is 9.00 Å². The Morgan fingerprint density at radius 3 is 2.70 bits per heavy atom.